The van der Waals surface area contributed by atoms with E-state index in [9.17, 15) is 0 Å². The number of halogens is 1. The summed E-state index contributed by atoms with van der Waals surface area (Å²) in [7, 11) is 0. The van der Waals surface area contributed by atoms with Gasteiger partial charge < -0.3 is 19.6 Å². The van der Waals surface area contributed by atoms with Crippen LogP contribution in [0.1, 0.15) is 23.9 Å². The standard InChI is InChI=1S/C17H20N4O2.HI/c1-3-18-17(19-10-13-8-9-22-21-13)20-11-16-12(2)14-6-4-5-7-15(14)23-16;/h4-9H,3,10-11H2,1-2H3,(H2,18,19,20);1H. The number of rotatable bonds is 5. The molecule has 0 aliphatic carbocycles. The Balaban J connectivity index is 0.00000208. The largest absolute Gasteiger partial charge is 0.459 e. The second-order valence-corrected chi connectivity index (χ2v) is 5.19. The van der Waals surface area contributed by atoms with E-state index >= 15 is 0 Å². The van der Waals surface area contributed by atoms with Crippen molar-refractivity contribution >= 4 is 40.9 Å². The summed E-state index contributed by atoms with van der Waals surface area (Å²) in [5, 5.41) is 11.5. The number of fused-ring (bicyclic) bond motifs is 1. The molecule has 6 nitrogen and oxygen atoms in total. The van der Waals surface area contributed by atoms with Gasteiger partial charge in [0.15, 0.2) is 5.96 Å². The molecule has 0 aliphatic rings. The van der Waals surface area contributed by atoms with Crippen molar-refractivity contribution in [3.63, 3.8) is 0 Å². The van der Waals surface area contributed by atoms with Crippen LogP contribution in [0.2, 0.25) is 0 Å². The molecule has 0 fully saturated rings. The SMILES string of the molecule is CCNC(=NCc1ccon1)NCc1oc2ccccc2c1C.I. The van der Waals surface area contributed by atoms with Crippen molar-refractivity contribution in [2.75, 3.05) is 6.54 Å². The van der Waals surface area contributed by atoms with E-state index in [1.165, 1.54) is 0 Å². The van der Waals surface area contributed by atoms with Gasteiger partial charge in [0.2, 0.25) is 0 Å². The van der Waals surface area contributed by atoms with E-state index in [4.69, 9.17) is 8.94 Å². The summed E-state index contributed by atoms with van der Waals surface area (Å²) in [6, 6.07) is 9.85. The van der Waals surface area contributed by atoms with Crippen molar-refractivity contribution < 1.29 is 8.94 Å². The molecule has 0 radical (unpaired) electrons. The molecule has 0 bridgehead atoms. The smallest absolute Gasteiger partial charge is 0.192 e. The second kappa shape index (κ2) is 8.72. The van der Waals surface area contributed by atoms with Crippen LogP contribution in [0.25, 0.3) is 11.0 Å². The topological polar surface area (TPSA) is 75.6 Å². The maximum absolute atomic E-state index is 5.91. The van der Waals surface area contributed by atoms with Gasteiger partial charge in [-0.3, -0.25) is 0 Å². The molecule has 128 valence electrons. The van der Waals surface area contributed by atoms with Gasteiger partial charge in [-0.05, 0) is 19.9 Å². The number of guanidine groups is 1. The molecule has 0 spiro atoms. The monoisotopic (exact) mass is 440 g/mol. The van der Waals surface area contributed by atoms with Crippen molar-refractivity contribution in [2.45, 2.75) is 26.9 Å². The molecule has 2 N–H and O–H groups in total. The molecule has 0 saturated heterocycles. The zero-order valence-electron chi connectivity index (χ0n) is 13.7. The molecule has 3 aromatic rings. The molecular formula is C17H21IN4O2. The number of nitrogens with zero attached hydrogens (tertiary/aromatic N) is 2. The van der Waals surface area contributed by atoms with E-state index in [0.29, 0.717) is 13.1 Å². The number of hydrogen-bond acceptors (Lipinski definition) is 4. The minimum absolute atomic E-state index is 0. The molecule has 3 rings (SSSR count). The van der Waals surface area contributed by atoms with Crippen LogP contribution >= 0.6 is 24.0 Å². The molecule has 0 atom stereocenters. The highest BCUT2D eigenvalue weighted by atomic mass is 127. The number of aromatic nitrogens is 1. The number of para-hydroxylation sites is 1. The Hall–Kier alpha value is -2.03. The molecule has 24 heavy (non-hydrogen) atoms. The zero-order chi connectivity index (χ0) is 16.1. The third-order valence-electron chi connectivity index (χ3n) is 3.59. The van der Waals surface area contributed by atoms with E-state index < -0.39 is 0 Å². The predicted molar refractivity (Wildman–Crippen MR) is 105 cm³/mol. The van der Waals surface area contributed by atoms with E-state index in [1.807, 2.05) is 25.1 Å². The number of aryl methyl sites for hydroxylation is 1. The van der Waals surface area contributed by atoms with Gasteiger partial charge in [0, 0.05) is 23.6 Å². The third-order valence-corrected chi connectivity index (χ3v) is 3.59. The molecule has 1 aromatic carbocycles. The van der Waals surface area contributed by atoms with E-state index in [0.717, 1.165) is 40.5 Å². The van der Waals surface area contributed by atoms with E-state index in [-0.39, 0.29) is 24.0 Å². The predicted octanol–water partition coefficient (Wildman–Crippen LogP) is 3.60. The number of benzene rings is 1. The maximum Gasteiger partial charge on any atom is 0.192 e. The number of nitrogens with one attached hydrogen (secondary N) is 2. The highest BCUT2D eigenvalue weighted by Crippen LogP contribution is 2.24. The fourth-order valence-corrected chi connectivity index (χ4v) is 2.38. The van der Waals surface area contributed by atoms with Gasteiger partial charge in [0.05, 0.1) is 13.1 Å². The lowest BCUT2D eigenvalue weighted by atomic mass is 10.1. The van der Waals surface area contributed by atoms with Gasteiger partial charge in [-0.25, -0.2) is 4.99 Å². The highest BCUT2D eigenvalue weighted by molar-refractivity contribution is 14.0. The Morgan fingerprint density at radius 1 is 1.21 bits per heavy atom. The van der Waals surface area contributed by atoms with Crippen LogP contribution < -0.4 is 10.6 Å². The third kappa shape index (κ3) is 4.28. The number of furan rings is 1. The molecule has 2 aromatic heterocycles. The van der Waals surface area contributed by atoms with Gasteiger partial charge in [0.1, 0.15) is 23.3 Å². The van der Waals surface area contributed by atoms with Gasteiger partial charge in [-0.1, -0.05) is 23.4 Å². The fraction of sp³-hybridized carbons (Fsp3) is 0.294. The lowest BCUT2D eigenvalue weighted by Gasteiger charge is -2.10. The Morgan fingerprint density at radius 3 is 2.75 bits per heavy atom. The van der Waals surface area contributed by atoms with Crippen LogP contribution in [0.4, 0.5) is 0 Å². The van der Waals surface area contributed by atoms with Crippen molar-refractivity contribution in [1.29, 1.82) is 0 Å². The van der Waals surface area contributed by atoms with Crippen molar-refractivity contribution in [2.24, 2.45) is 4.99 Å². The van der Waals surface area contributed by atoms with Gasteiger partial charge in [-0.15, -0.1) is 24.0 Å². The van der Waals surface area contributed by atoms with Crippen LogP contribution in [-0.4, -0.2) is 17.7 Å². The summed E-state index contributed by atoms with van der Waals surface area (Å²) in [5.74, 6) is 1.63. The van der Waals surface area contributed by atoms with Gasteiger partial charge >= 0.3 is 0 Å². The minimum Gasteiger partial charge on any atom is -0.459 e. The highest BCUT2D eigenvalue weighted by Gasteiger charge is 2.10. The molecule has 0 amide bonds. The molecule has 0 saturated carbocycles. The molecule has 0 unspecified atom stereocenters. The van der Waals surface area contributed by atoms with Crippen LogP contribution in [0.5, 0.6) is 0 Å². The average molecular weight is 440 g/mol. The summed E-state index contributed by atoms with van der Waals surface area (Å²) in [4.78, 5) is 4.48. The lowest BCUT2D eigenvalue weighted by Crippen LogP contribution is -2.36. The van der Waals surface area contributed by atoms with Crippen molar-refractivity contribution in [3.8, 4) is 0 Å². The number of hydrogen-bond donors (Lipinski definition) is 2. The van der Waals surface area contributed by atoms with Crippen LogP contribution in [0.15, 0.2) is 50.5 Å². The van der Waals surface area contributed by atoms with Gasteiger partial charge in [0.25, 0.3) is 0 Å². The number of aliphatic imine (C=N–C) groups is 1. The Bertz CT molecular complexity index is 796. The lowest BCUT2D eigenvalue weighted by molar-refractivity contribution is 0.412. The fourth-order valence-electron chi connectivity index (χ4n) is 2.38. The minimum atomic E-state index is 0. The van der Waals surface area contributed by atoms with Crippen molar-refractivity contribution in [1.82, 2.24) is 15.8 Å². The van der Waals surface area contributed by atoms with Gasteiger partial charge in [-0.2, -0.15) is 0 Å². The van der Waals surface area contributed by atoms with Crippen LogP contribution in [0.3, 0.4) is 0 Å². The molecule has 7 heteroatoms. The second-order valence-electron chi connectivity index (χ2n) is 5.19. The molecular weight excluding hydrogens is 419 g/mol. The Kier molecular flexibility index (Phi) is 6.65. The summed E-state index contributed by atoms with van der Waals surface area (Å²) < 4.78 is 10.7. The Labute approximate surface area is 157 Å². The summed E-state index contributed by atoms with van der Waals surface area (Å²) in [6.45, 7) is 5.92. The Morgan fingerprint density at radius 2 is 2.04 bits per heavy atom. The first kappa shape index (κ1) is 18.3. The van der Waals surface area contributed by atoms with E-state index in [1.54, 1.807) is 12.3 Å². The first-order valence-electron chi connectivity index (χ1n) is 7.66. The van der Waals surface area contributed by atoms with E-state index in [2.05, 4.69) is 33.8 Å². The summed E-state index contributed by atoms with van der Waals surface area (Å²) in [6.07, 6.45) is 1.54. The summed E-state index contributed by atoms with van der Waals surface area (Å²) >= 11 is 0. The quantitative estimate of drug-likeness (QED) is 0.360. The first-order chi connectivity index (χ1) is 11.3. The van der Waals surface area contributed by atoms with Crippen LogP contribution in [0, 0.1) is 6.92 Å². The maximum atomic E-state index is 5.91. The first-order valence-corrected chi connectivity index (χ1v) is 7.66. The van der Waals surface area contributed by atoms with Crippen molar-refractivity contribution in [3.05, 3.63) is 53.6 Å². The summed E-state index contributed by atoms with van der Waals surface area (Å²) in [5.41, 5.74) is 2.86. The zero-order valence-corrected chi connectivity index (χ0v) is 16.0. The average Bonchev–Trinajstić information content (AvgIpc) is 3.19. The molecule has 0 aliphatic heterocycles. The normalized spacial score (nSPS) is 11.3. The van der Waals surface area contributed by atoms with Crippen LogP contribution in [-0.2, 0) is 13.1 Å². The molecule has 2 heterocycles.